The summed E-state index contributed by atoms with van der Waals surface area (Å²) in [5, 5.41) is 13.0. The number of carbonyl (C=O) groups excluding carboxylic acids is 1. The Kier molecular flexibility index (Phi) is 4.99. The number of methoxy groups -OCH3 is 1. The second-order valence-electron chi connectivity index (χ2n) is 4.29. The first-order chi connectivity index (χ1) is 8.17. The van der Waals surface area contributed by atoms with E-state index in [1.807, 2.05) is 19.2 Å². The maximum absolute atomic E-state index is 11.7. The molecule has 100 valence electrons. The summed E-state index contributed by atoms with van der Waals surface area (Å²) >= 11 is 0. The standard InChI is InChI=1S/C13H17NO3.ClH/c1-14-9-4-5-10-8(7-9)3-6-11(15)12(10)13(16)17-2;/h3,5,9,14-15H,4,6-7H2,1-2H3;1H. The molecule has 1 atom stereocenters. The highest BCUT2D eigenvalue weighted by Crippen LogP contribution is 2.36. The van der Waals surface area contributed by atoms with Crippen molar-refractivity contribution in [2.24, 2.45) is 0 Å². The van der Waals surface area contributed by atoms with Gasteiger partial charge in [0.2, 0.25) is 0 Å². The number of nitrogens with one attached hydrogen (secondary N) is 1. The van der Waals surface area contributed by atoms with Gasteiger partial charge in [0.1, 0.15) is 11.3 Å². The molecule has 0 aromatic carbocycles. The van der Waals surface area contributed by atoms with E-state index in [4.69, 9.17) is 4.74 Å². The van der Waals surface area contributed by atoms with Crippen LogP contribution in [0.5, 0.6) is 0 Å². The van der Waals surface area contributed by atoms with Crippen molar-refractivity contribution in [3.05, 3.63) is 34.6 Å². The zero-order valence-electron chi connectivity index (χ0n) is 10.5. The van der Waals surface area contributed by atoms with Crippen molar-refractivity contribution in [2.75, 3.05) is 14.2 Å². The zero-order chi connectivity index (χ0) is 12.4. The quantitative estimate of drug-likeness (QED) is 0.755. The first-order valence-corrected chi connectivity index (χ1v) is 5.75. The first kappa shape index (κ1) is 14.8. The third-order valence-electron chi connectivity index (χ3n) is 3.32. The molecule has 0 spiro atoms. The molecule has 2 aliphatic rings. The molecule has 0 saturated heterocycles. The molecular formula is C13H18ClNO3. The molecule has 0 fully saturated rings. The minimum atomic E-state index is -0.456. The number of ether oxygens (including phenoxy) is 1. The third-order valence-corrected chi connectivity index (χ3v) is 3.32. The molecule has 2 N–H and O–H groups in total. The summed E-state index contributed by atoms with van der Waals surface area (Å²) in [5.41, 5.74) is 2.29. The maximum atomic E-state index is 11.7. The van der Waals surface area contributed by atoms with Crippen LogP contribution < -0.4 is 5.32 Å². The van der Waals surface area contributed by atoms with Crippen LogP contribution in [0.4, 0.5) is 0 Å². The van der Waals surface area contributed by atoms with Crippen LogP contribution >= 0.6 is 12.4 Å². The Labute approximate surface area is 113 Å². The van der Waals surface area contributed by atoms with E-state index in [1.54, 1.807) is 0 Å². The van der Waals surface area contributed by atoms with Gasteiger partial charge in [0, 0.05) is 12.5 Å². The minimum Gasteiger partial charge on any atom is -0.511 e. The number of esters is 1. The van der Waals surface area contributed by atoms with Crippen LogP contribution in [0, 0.1) is 0 Å². The number of aliphatic hydroxyl groups is 1. The fourth-order valence-electron chi connectivity index (χ4n) is 2.33. The van der Waals surface area contributed by atoms with E-state index in [0.717, 1.165) is 24.0 Å². The Morgan fingerprint density at radius 3 is 2.83 bits per heavy atom. The Hall–Kier alpha value is -1.26. The van der Waals surface area contributed by atoms with E-state index in [-0.39, 0.29) is 18.2 Å². The van der Waals surface area contributed by atoms with Crippen LogP contribution in [-0.4, -0.2) is 31.3 Å². The second-order valence-corrected chi connectivity index (χ2v) is 4.29. The molecule has 0 amide bonds. The Morgan fingerprint density at radius 2 is 2.22 bits per heavy atom. The summed E-state index contributed by atoms with van der Waals surface area (Å²) in [6, 6.07) is 0.407. The van der Waals surface area contributed by atoms with Crippen LogP contribution in [0.25, 0.3) is 0 Å². The fraction of sp³-hybridized carbons (Fsp3) is 0.462. The summed E-state index contributed by atoms with van der Waals surface area (Å²) in [6.07, 6.45) is 6.13. The average molecular weight is 272 g/mol. The van der Waals surface area contributed by atoms with E-state index in [0.29, 0.717) is 18.0 Å². The zero-order valence-corrected chi connectivity index (χ0v) is 11.3. The predicted octanol–water partition coefficient (Wildman–Crippen LogP) is 2.03. The van der Waals surface area contributed by atoms with E-state index in [9.17, 15) is 9.90 Å². The molecule has 0 saturated carbocycles. The smallest absolute Gasteiger partial charge is 0.341 e. The third kappa shape index (κ3) is 2.60. The van der Waals surface area contributed by atoms with Crippen LogP contribution in [0.2, 0.25) is 0 Å². The molecule has 4 nitrogen and oxygen atoms in total. The fourth-order valence-corrected chi connectivity index (χ4v) is 2.33. The van der Waals surface area contributed by atoms with Crippen molar-refractivity contribution in [3.63, 3.8) is 0 Å². The highest BCUT2D eigenvalue weighted by molar-refractivity contribution is 5.96. The minimum absolute atomic E-state index is 0. The number of aliphatic hydroxyl groups excluding tert-OH is 1. The van der Waals surface area contributed by atoms with Crippen LogP contribution in [0.15, 0.2) is 34.6 Å². The maximum Gasteiger partial charge on any atom is 0.341 e. The van der Waals surface area contributed by atoms with E-state index in [1.165, 1.54) is 7.11 Å². The Morgan fingerprint density at radius 1 is 1.50 bits per heavy atom. The first-order valence-electron chi connectivity index (χ1n) is 5.75. The molecule has 0 bridgehead atoms. The molecule has 18 heavy (non-hydrogen) atoms. The summed E-state index contributed by atoms with van der Waals surface area (Å²) < 4.78 is 4.72. The van der Waals surface area contributed by atoms with Gasteiger partial charge in [0.15, 0.2) is 0 Å². The number of hydrogen-bond donors (Lipinski definition) is 2. The lowest BCUT2D eigenvalue weighted by molar-refractivity contribution is -0.136. The molecule has 1 unspecified atom stereocenters. The topological polar surface area (TPSA) is 58.6 Å². The number of hydrogen-bond acceptors (Lipinski definition) is 4. The lowest BCUT2D eigenvalue weighted by Gasteiger charge is -2.28. The predicted molar refractivity (Wildman–Crippen MR) is 71.8 cm³/mol. The Balaban J connectivity index is 0.00000162. The molecule has 2 aliphatic carbocycles. The van der Waals surface area contributed by atoms with Crippen molar-refractivity contribution in [3.8, 4) is 0 Å². The van der Waals surface area contributed by atoms with Gasteiger partial charge >= 0.3 is 5.97 Å². The highest BCUT2D eigenvalue weighted by atomic mass is 35.5. The Bertz CT molecular complexity index is 438. The van der Waals surface area contributed by atoms with Gasteiger partial charge in [-0.3, -0.25) is 0 Å². The number of allylic oxidation sites excluding steroid dienone is 1. The molecule has 0 aliphatic heterocycles. The van der Waals surface area contributed by atoms with E-state index >= 15 is 0 Å². The van der Waals surface area contributed by atoms with Gasteiger partial charge in [0.25, 0.3) is 0 Å². The lowest BCUT2D eigenvalue weighted by atomic mass is 9.82. The number of rotatable bonds is 2. The SMILES string of the molecule is CNC1CC=C2C(=CCC(O)=C2C(=O)OC)C1.Cl. The summed E-state index contributed by atoms with van der Waals surface area (Å²) in [7, 11) is 3.27. The summed E-state index contributed by atoms with van der Waals surface area (Å²) in [4.78, 5) is 11.7. The molecule has 5 heteroatoms. The monoisotopic (exact) mass is 271 g/mol. The number of carbonyl (C=O) groups is 1. The number of halogens is 1. The molecule has 2 rings (SSSR count). The highest BCUT2D eigenvalue weighted by Gasteiger charge is 2.29. The molecule has 0 aromatic rings. The van der Waals surface area contributed by atoms with Crippen molar-refractivity contribution in [1.82, 2.24) is 5.32 Å². The van der Waals surface area contributed by atoms with Gasteiger partial charge in [0.05, 0.1) is 7.11 Å². The summed E-state index contributed by atoms with van der Waals surface area (Å²) in [5.74, 6) is -0.350. The second kappa shape index (κ2) is 6.07. The van der Waals surface area contributed by atoms with E-state index in [2.05, 4.69) is 5.32 Å². The van der Waals surface area contributed by atoms with Crippen molar-refractivity contribution in [2.45, 2.75) is 25.3 Å². The van der Waals surface area contributed by atoms with Crippen molar-refractivity contribution in [1.29, 1.82) is 0 Å². The van der Waals surface area contributed by atoms with Crippen LogP contribution in [0.3, 0.4) is 0 Å². The molecule has 0 aromatic heterocycles. The van der Waals surface area contributed by atoms with Gasteiger partial charge in [-0.1, -0.05) is 12.2 Å². The normalized spacial score (nSPS) is 22.4. The van der Waals surface area contributed by atoms with Gasteiger partial charge in [-0.25, -0.2) is 4.79 Å². The lowest BCUT2D eigenvalue weighted by Crippen LogP contribution is -2.29. The van der Waals surface area contributed by atoms with E-state index < -0.39 is 5.97 Å². The van der Waals surface area contributed by atoms with Gasteiger partial charge in [-0.2, -0.15) is 0 Å². The average Bonchev–Trinajstić information content (AvgIpc) is 2.37. The van der Waals surface area contributed by atoms with Gasteiger partial charge < -0.3 is 15.2 Å². The number of fused-ring (bicyclic) bond motifs is 1. The van der Waals surface area contributed by atoms with Gasteiger partial charge in [-0.15, -0.1) is 12.4 Å². The molecular weight excluding hydrogens is 254 g/mol. The molecule has 0 heterocycles. The van der Waals surface area contributed by atoms with Gasteiger partial charge in [-0.05, 0) is 31.0 Å². The summed E-state index contributed by atoms with van der Waals surface area (Å²) in [6.45, 7) is 0. The van der Waals surface area contributed by atoms with Crippen molar-refractivity contribution >= 4 is 18.4 Å². The van der Waals surface area contributed by atoms with Crippen molar-refractivity contribution < 1.29 is 14.6 Å². The molecule has 0 radical (unpaired) electrons. The largest absolute Gasteiger partial charge is 0.511 e. The van der Waals surface area contributed by atoms with Crippen LogP contribution in [0.1, 0.15) is 19.3 Å². The van der Waals surface area contributed by atoms with Crippen LogP contribution in [-0.2, 0) is 9.53 Å².